The van der Waals surface area contributed by atoms with Gasteiger partial charge in [-0.15, -0.1) is 5.10 Å². The molecule has 3 aromatic heterocycles. The summed E-state index contributed by atoms with van der Waals surface area (Å²) in [5, 5.41) is 11.4. The molecule has 1 aliphatic rings. The second-order valence-corrected chi connectivity index (χ2v) is 7.15. The van der Waals surface area contributed by atoms with Crippen LogP contribution in [0.25, 0.3) is 0 Å². The number of carbonyl (C=O) groups excluding carboxylic acids is 1. The summed E-state index contributed by atoms with van der Waals surface area (Å²) in [6.07, 6.45) is 9.91. The molecule has 1 unspecified atom stereocenters. The van der Waals surface area contributed by atoms with Crippen LogP contribution in [0.4, 0.5) is 0 Å². The fourth-order valence-electron chi connectivity index (χ4n) is 3.73. The van der Waals surface area contributed by atoms with Gasteiger partial charge in [-0.3, -0.25) is 9.78 Å². The van der Waals surface area contributed by atoms with Crippen molar-refractivity contribution in [2.24, 2.45) is 0 Å². The van der Waals surface area contributed by atoms with Crippen LogP contribution in [0.15, 0.2) is 36.9 Å². The fraction of sp³-hybridized carbons (Fsp3) is 0.474. The summed E-state index contributed by atoms with van der Waals surface area (Å²) < 4.78 is 3.85. The molecule has 0 aliphatic carbocycles. The molecule has 146 valence electrons. The zero-order valence-corrected chi connectivity index (χ0v) is 16.0. The summed E-state index contributed by atoms with van der Waals surface area (Å²) in [6, 6.07) is 4.03. The zero-order valence-electron chi connectivity index (χ0n) is 16.0. The minimum Gasteiger partial charge on any atom is -0.342 e. The first-order chi connectivity index (χ1) is 13.7. The van der Waals surface area contributed by atoms with Crippen LogP contribution in [0, 0.1) is 6.92 Å². The minimum atomic E-state index is 0.145. The zero-order chi connectivity index (χ0) is 19.3. The number of rotatable bonds is 6. The molecule has 28 heavy (non-hydrogen) atoms. The molecular weight excluding hydrogens is 356 g/mol. The number of pyridine rings is 1. The molecule has 0 saturated carbocycles. The van der Waals surface area contributed by atoms with E-state index in [1.54, 1.807) is 17.1 Å². The Bertz CT molecular complexity index is 919. The normalized spacial score (nSPS) is 17.0. The number of carbonyl (C=O) groups is 1. The maximum Gasteiger partial charge on any atom is 0.224 e. The number of nitrogens with zero attached hydrogens (tertiary/aromatic N) is 8. The molecule has 0 radical (unpaired) electrons. The van der Waals surface area contributed by atoms with Gasteiger partial charge in [-0.25, -0.2) is 9.67 Å². The lowest BCUT2D eigenvalue weighted by Crippen LogP contribution is -2.40. The molecule has 9 heteroatoms. The molecule has 1 aliphatic heterocycles. The quantitative estimate of drug-likeness (QED) is 0.642. The molecule has 0 aromatic carbocycles. The van der Waals surface area contributed by atoms with E-state index in [1.165, 1.54) is 5.56 Å². The Balaban J connectivity index is 1.39. The lowest BCUT2D eigenvalue weighted by Gasteiger charge is -2.32. The summed E-state index contributed by atoms with van der Waals surface area (Å²) in [5.41, 5.74) is 1.19. The van der Waals surface area contributed by atoms with E-state index in [4.69, 9.17) is 0 Å². The Morgan fingerprint density at radius 3 is 2.89 bits per heavy atom. The van der Waals surface area contributed by atoms with Crippen LogP contribution in [-0.2, 0) is 17.9 Å². The number of likely N-dealkylation sites (tertiary alicyclic amines) is 1. The molecule has 4 heterocycles. The molecular formula is C19H24N8O. The average Bonchev–Trinajstić information content (AvgIpc) is 3.36. The van der Waals surface area contributed by atoms with Crippen molar-refractivity contribution < 1.29 is 4.79 Å². The highest BCUT2D eigenvalue weighted by Gasteiger charge is 2.27. The van der Waals surface area contributed by atoms with Gasteiger partial charge in [0.2, 0.25) is 5.91 Å². The first-order valence-corrected chi connectivity index (χ1v) is 9.61. The monoisotopic (exact) mass is 380 g/mol. The lowest BCUT2D eigenvalue weighted by atomic mass is 9.96. The highest BCUT2D eigenvalue weighted by Crippen LogP contribution is 2.26. The first kappa shape index (κ1) is 18.3. The van der Waals surface area contributed by atoms with Crippen molar-refractivity contribution in [2.75, 3.05) is 13.1 Å². The van der Waals surface area contributed by atoms with Crippen LogP contribution >= 0.6 is 0 Å². The second-order valence-electron chi connectivity index (χ2n) is 7.15. The van der Waals surface area contributed by atoms with E-state index in [0.717, 1.165) is 37.6 Å². The van der Waals surface area contributed by atoms with Crippen LogP contribution in [0.1, 0.15) is 42.4 Å². The third-order valence-corrected chi connectivity index (χ3v) is 5.24. The van der Waals surface area contributed by atoms with E-state index in [9.17, 15) is 4.79 Å². The standard InChI is InChI=1S/C19H24N8O/c1-15-22-23-24-27(15)11-6-18(28)25-10-2-3-17(14-25)19-21-9-12-26(19)13-16-4-7-20-8-5-16/h4-5,7-9,12,17H,2-3,6,10-11,13-14H2,1H3. The highest BCUT2D eigenvalue weighted by molar-refractivity contribution is 5.76. The molecule has 0 spiro atoms. The minimum absolute atomic E-state index is 0.145. The van der Waals surface area contributed by atoms with E-state index in [0.29, 0.717) is 19.5 Å². The van der Waals surface area contributed by atoms with Gasteiger partial charge < -0.3 is 9.47 Å². The predicted molar refractivity (Wildman–Crippen MR) is 101 cm³/mol. The Morgan fingerprint density at radius 2 is 2.11 bits per heavy atom. The Kier molecular flexibility index (Phi) is 5.41. The Morgan fingerprint density at radius 1 is 1.25 bits per heavy atom. The van der Waals surface area contributed by atoms with Crippen molar-refractivity contribution in [3.8, 4) is 0 Å². The topological polar surface area (TPSA) is 94.6 Å². The smallest absolute Gasteiger partial charge is 0.224 e. The van der Waals surface area contributed by atoms with Crippen LogP contribution in [0.3, 0.4) is 0 Å². The number of hydrogen-bond acceptors (Lipinski definition) is 6. The van der Waals surface area contributed by atoms with Gasteiger partial charge in [0.25, 0.3) is 0 Å². The first-order valence-electron chi connectivity index (χ1n) is 9.61. The van der Waals surface area contributed by atoms with Crippen LogP contribution in [-0.4, -0.2) is 58.6 Å². The summed E-state index contributed by atoms with van der Waals surface area (Å²) in [4.78, 5) is 23.3. The molecule has 4 rings (SSSR count). The molecule has 1 fully saturated rings. The SMILES string of the molecule is Cc1nnnn1CCC(=O)N1CCCC(c2nccn2Cc2ccncc2)C1. The van der Waals surface area contributed by atoms with Gasteiger partial charge in [-0.05, 0) is 47.9 Å². The van der Waals surface area contributed by atoms with Crippen molar-refractivity contribution in [1.82, 2.24) is 39.6 Å². The molecule has 1 saturated heterocycles. The molecule has 0 bridgehead atoms. The maximum absolute atomic E-state index is 12.7. The van der Waals surface area contributed by atoms with Gasteiger partial charge in [0.05, 0.1) is 6.54 Å². The third kappa shape index (κ3) is 4.08. The Labute approximate surface area is 163 Å². The van der Waals surface area contributed by atoms with Gasteiger partial charge in [0.15, 0.2) is 0 Å². The highest BCUT2D eigenvalue weighted by atomic mass is 16.2. The van der Waals surface area contributed by atoms with E-state index >= 15 is 0 Å². The molecule has 1 amide bonds. The van der Waals surface area contributed by atoms with Crippen molar-refractivity contribution >= 4 is 5.91 Å². The number of amides is 1. The van der Waals surface area contributed by atoms with E-state index < -0.39 is 0 Å². The number of imidazole rings is 1. The lowest BCUT2D eigenvalue weighted by molar-refractivity contribution is -0.132. The summed E-state index contributed by atoms with van der Waals surface area (Å²) >= 11 is 0. The van der Waals surface area contributed by atoms with Crippen LogP contribution in [0.5, 0.6) is 0 Å². The second kappa shape index (κ2) is 8.28. The third-order valence-electron chi connectivity index (χ3n) is 5.24. The summed E-state index contributed by atoms with van der Waals surface area (Å²) in [6.45, 7) is 4.62. The van der Waals surface area contributed by atoms with Gasteiger partial charge in [0, 0.05) is 56.8 Å². The summed E-state index contributed by atoms with van der Waals surface area (Å²) in [5.74, 6) is 2.17. The van der Waals surface area contributed by atoms with Crippen LogP contribution in [0.2, 0.25) is 0 Å². The molecule has 9 nitrogen and oxygen atoms in total. The number of hydrogen-bond donors (Lipinski definition) is 0. The number of aryl methyl sites for hydroxylation is 2. The molecule has 1 atom stereocenters. The number of aromatic nitrogens is 7. The van der Waals surface area contributed by atoms with Gasteiger partial charge in [-0.1, -0.05) is 0 Å². The molecule has 3 aromatic rings. The van der Waals surface area contributed by atoms with Crippen molar-refractivity contribution in [3.05, 3.63) is 54.1 Å². The average molecular weight is 380 g/mol. The predicted octanol–water partition coefficient (Wildman–Crippen LogP) is 1.42. The molecule has 0 N–H and O–H groups in total. The van der Waals surface area contributed by atoms with Crippen LogP contribution < -0.4 is 0 Å². The maximum atomic E-state index is 12.7. The largest absolute Gasteiger partial charge is 0.342 e. The number of piperidine rings is 1. The van der Waals surface area contributed by atoms with Crippen molar-refractivity contribution in [3.63, 3.8) is 0 Å². The van der Waals surface area contributed by atoms with Crippen molar-refractivity contribution in [2.45, 2.75) is 45.2 Å². The number of tetrazole rings is 1. The van der Waals surface area contributed by atoms with E-state index in [1.807, 2.05) is 36.4 Å². The summed E-state index contributed by atoms with van der Waals surface area (Å²) in [7, 11) is 0. The van der Waals surface area contributed by atoms with Gasteiger partial charge in [-0.2, -0.15) is 0 Å². The fourth-order valence-corrected chi connectivity index (χ4v) is 3.73. The van der Waals surface area contributed by atoms with E-state index in [-0.39, 0.29) is 11.8 Å². The van der Waals surface area contributed by atoms with Crippen molar-refractivity contribution in [1.29, 1.82) is 0 Å². The Hall–Kier alpha value is -3.10. The van der Waals surface area contributed by atoms with Gasteiger partial charge >= 0.3 is 0 Å². The van der Waals surface area contributed by atoms with E-state index in [2.05, 4.69) is 30.1 Å². The van der Waals surface area contributed by atoms with Gasteiger partial charge in [0.1, 0.15) is 11.6 Å².